The molecule has 1 heterocycles. The molecule has 2 aromatic carbocycles. The van der Waals surface area contributed by atoms with E-state index in [-0.39, 0.29) is 16.8 Å². The maximum Gasteiger partial charge on any atom is 0.321 e. The smallest absolute Gasteiger partial charge is 0.321 e. The number of fused-ring (bicyclic) bond motifs is 1. The monoisotopic (exact) mass is 420 g/mol. The van der Waals surface area contributed by atoms with E-state index in [1.807, 2.05) is 31.2 Å². The van der Waals surface area contributed by atoms with Crippen LogP contribution in [0.15, 0.2) is 53.4 Å². The molecule has 0 bridgehead atoms. The molecule has 29 heavy (non-hydrogen) atoms. The largest absolute Gasteiger partial charge is 0.455 e. The minimum Gasteiger partial charge on any atom is -0.455 e. The van der Waals surface area contributed by atoms with Crippen molar-refractivity contribution in [3.8, 4) is 0 Å². The van der Waals surface area contributed by atoms with Crippen molar-refractivity contribution in [3.05, 3.63) is 59.9 Å². The number of anilines is 1. The van der Waals surface area contributed by atoms with Crippen molar-refractivity contribution in [2.45, 2.75) is 24.3 Å². The summed E-state index contributed by atoms with van der Waals surface area (Å²) in [7, 11) is -2.77. The average molecular weight is 420 g/mol. The highest BCUT2D eigenvalue weighted by Crippen LogP contribution is 2.31. The number of rotatable bonds is 6. The topological polar surface area (TPSA) is 84.0 Å². The van der Waals surface area contributed by atoms with Crippen LogP contribution in [0.1, 0.15) is 12.5 Å². The molecule has 1 aliphatic rings. The van der Waals surface area contributed by atoms with Crippen molar-refractivity contribution in [2.24, 2.45) is 0 Å². The van der Waals surface area contributed by atoms with E-state index in [0.29, 0.717) is 6.42 Å². The predicted molar refractivity (Wildman–Crippen MR) is 104 cm³/mol. The van der Waals surface area contributed by atoms with Gasteiger partial charge >= 0.3 is 5.97 Å². The maximum atomic E-state index is 13.0. The summed E-state index contributed by atoms with van der Waals surface area (Å²) in [5.74, 6) is -1.80. The zero-order valence-corrected chi connectivity index (χ0v) is 16.9. The Morgan fingerprint density at radius 1 is 1.17 bits per heavy atom. The third-order valence-electron chi connectivity index (χ3n) is 4.71. The van der Waals surface area contributed by atoms with E-state index >= 15 is 0 Å². The fraction of sp³-hybridized carbons (Fsp3) is 0.300. The number of carbonyl (C=O) groups excluding carboxylic acids is 2. The summed E-state index contributed by atoms with van der Waals surface area (Å²) in [4.78, 5) is 26.1. The van der Waals surface area contributed by atoms with E-state index in [9.17, 15) is 22.4 Å². The van der Waals surface area contributed by atoms with Crippen molar-refractivity contribution < 1.29 is 27.1 Å². The Bertz CT molecular complexity index is 1020. The van der Waals surface area contributed by atoms with Crippen LogP contribution >= 0.6 is 0 Å². The highest BCUT2D eigenvalue weighted by molar-refractivity contribution is 7.89. The standard InChI is InChI=1S/C20H21FN2O5S/c1-14-11-15-5-3-4-6-18(15)23(14)19(24)13-28-20(25)12-22(2)29(26,27)17-9-7-16(21)8-10-17/h3-10,14H,11-13H2,1-2H3/t14-/m1/s1. The molecule has 0 fully saturated rings. The van der Waals surface area contributed by atoms with E-state index in [4.69, 9.17) is 4.74 Å². The van der Waals surface area contributed by atoms with Crippen molar-refractivity contribution in [2.75, 3.05) is 25.1 Å². The van der Waals surface area contributed by atoms with Gasteiger partial charge in [-0.15, -0.1) is 0 Å². The number of para-hydroxylation sites is 1. The molecule has 1 atom stereocenters. The number of ether oxygens (including phenoxy) is 1. The number of hydrogen-bond donors (Lipinski definition) is 0. The first-order valence-electron chi connectivity index (χ1n) is 8.97. The van der Waals surface area contributed by atoms with E-state index in [1.54, 1.807) is 4.90 Å². The molecule has 0 spiro atoms. The van der Waals surface area contributed by atoms with Crippen molar-refractivity contribution in [3.63, 3.8) is 0 Å². The summed E-state index contributed by atoms with van der Waals surface area (Å²) >= 11 is 0. The van der Waals surface area contributed by atoms with Gasteiger partial charge in [-0.1, -0.05) is 18.2 Å². The summed E-state index contributed by atoms with van der Waals surface area (Å²) in [5.41, 5.74) is 1.84. The molecule has 0 aliphatic carbocycles. The molecular weight excluding hydrogens is 399 g/mol. The Morgan fingerprint density at radius 3 is 2.52 bits per heavy atom. The number of halogens is 1. The molecule has 7 nitrogen and oxygen atoms in total. The number of carbonyl (C=O) groups is 2. The van der Waals surface area contributed by atoms with Crippen molar-refractivity contribution in [1.82, 2.24) is 4.31 Å². The normalized spacial score (nSPS) is 16.0. The van der Waals surface area contributed by atoms with E-state index in [1.165, 1.54) is 7.05 Å². The fourth-order valence-electron chi connectivity index (χ4n) is 3.26. The number of esters is 1. The quantitative estimate of drug-likeness (QED) is 0.667. The van der Waals surface area contributed by atoms with Gasteiger partial charge in [0.15, 0.2) is 6.61 Å². The van der Waals surface area contributed by atoms with Gasteiger partial charge in [-0.25, -0.2) is 12.8 Å². The first kappa shape index (κ1) is 20.9. The van der Waals surface area contributed by atoms with E-state index < -0.39 is 35.0 Å². The Kier molecular flexibility index (Phi) is 5.99. The molecule has 0 aromatic heterocycles. The average Bonchev–Trinajstić information content (AvgIpc) is 3.02. The molecule has 2 aromatic rings. The van der Waals surface area contributed by atoms with Crippen LogP contribution in [0.25, 0.3) is 0 Å². The Hall–Kier alpha value is -2.78. The van der Waals surface area contributed by atoms with Gasteiger partial charge in [0.25, 0.3) is 5.91 Å². The Labute approximate surface area is 168 Å². The Morgan fingerprint density at radius 2 is 1.83 bits per heavy atom. The van der Waals surface area contributed by atoms with Crippen molar-refractivity contribution >= 4 is 27.6 Å². The second-order valence-electron chi connectivity index (χ2n) is 6.82. The molecule has 3 rings (SSSR count). The summed E-state index contributed by atoms with van der Waals surface area (Å²) < 4.78 is 43.6. The van der Waals surface area contributed by atoms with Gasteiger partial charge < -0.3 is 9.64 Å². The molecule has 0 saturated carbocycles. The van der Waals surface area contributed by atoms with Crippen LogP contribution in [0.2, 0.25) is 0 Å². The van der Waals surface area contributed by atoms with Crippen LogP contribution < -0.4 is 4.90 Å². The van der Waals surface area contributed by atoms with Gasteiger partial charge in [0, 0.05) is 18.8 Å². The van der Waals surface area contributed by atoms with E-state index in [2.05, 4.69) is 0 Å². The lowest BCUT2D eigenvalue weighted by Gasteiger charge is -2.23. The molecule has 0 radical (unpaired) electrons. The number of likely N-dealkylation sites (N-methyl/N-ethyl adjacent to an activating group) is 1. The van der Waals surface area contributed by atoms with Crippen LogP contribution in [0, 0.1) is 5.82 Å². The molecule has 0 unspecified atom stereocenters. The van der Waals surface area contributed by atoms with Gasteiger partial charge in [0.1, 0.15) is 12.4 Å². The van der Waals surface area contributed by atoms with Gasteiger partial charge in [-0.2, -0.15) is 4.31 Å². The number of nitrogens with zero attached hydrogens (tertiary/aromatic N) is 2. The molecule has 0 saturated heterocycles. The minimum absolute atomic E-state index is 0.0554. The first-order chi connectivity index (χ1) is 13.7. The van der Waals surface area contributed by atoms with Crippen molar-refractivity contribution in [1.29, 1.82) is 0 Å². The number of amides is 1. The maximum absolute atomic E-state index is 13.0. The minimum atomic E-state index is -3.98. The third-order valence-corrected chi connectivity index (χ3v) is 6.52. The molecule has 154 valence electrons. The van der Waals surface area contributed by atoms with E-state index in [0.717, 1.165) is 39.8 Å². The molecule has 0 N–H and O–H groups in total. The van der Waals surface area contributed by atoms with Gasteiger partial charge in [0.2, 0.25) is 10.0 Å². The highest BCUT2D eigenvalue weighted by atomic mass is 32.2. The second kappa shape index (κ2) is 8.30. The summed E-state index contributed by atoms with van der Waals surface area (Å²) in [6.45, 7) is 0.851. The lowest BCUT2D eigenvalue weighted by Crippen LogP contribution is -2.40. The number of sulfonamides is 1. The molecule has 1 amide bonds. The summed E-state index contributed by atoms with van der Waals surface area (Å²) in [5, 5.41) is 0. The molecular formula is C20H21FN2O5S. The van der Waals surface area contributed by atoms with Gasteiger partial charge in [0.05, 0.1) is 4.90 Å². The molecule has 1 aliphatic heterocycles. The van der Waals surface area contributed by atoms with Gasteiger partial charge in [-0.3, -0.25) is 9.59 Å². The second-order valence-corrected chi connectivity index (χ2v) is 8.87. The van der Waals surface area contributed by atoms with Crippen LogP contribution in [0.3, 0.4) is 0 Å². The fourth-order valence-corrected chi connectivity index (χ4v) is 4.37. The lowest BCUT2D eigenvalue weighted by atomic mass is 10.1. The predicted octanol–water partition coefficient (Wildman–Crippen LogP) is 1.97. The van der Waals surface area contributed by atoms with Crippen LogP contribution in [0.4, 0.5) is 10.1 Å². The third kappa shape index (κ3) is 4.46. The number of benzene rings is 2. The highest BCUT2D eigenvalue weighted by Gasteiger charge is 2.31. The van der Waals surface area contributed by atoms with Crippen LogP contribution in [-0.4, -0.2) is 50.8 Å². The number of hydrogen-bond acceptors (Lipinski definition) is 5. The summed E-state index contributed by atoms with van der Waals surface area (Å²) in [6, 6.07) is 11.7. The van der Waals surface area contributed by atoms with Crippen LogP contribution in [-0.2, 0) is 30.8 Å². The first-order valence-corrected chi connectivity index (χ1v) is 10.4. The zero-order chi connectivity index (χ0) is 21.2. The SMILES string of the molecule is C[C@@H]1Cc2ccccc2N1C(=O)COC(=O)CN(C)S(=O)(=O)c1ccc(F)cc1. The van der Waals surface area contributed by atoms with Gasteiger partial charge in [-0.05, 0) is 49.2 Å². The van der Waals surface area contributed by atoms with Crippen LogP contribution in [0.5, 0.6) is 0 Å². The molecule has 9 heteroatoms. The Balaban J connectivity index is 1.58. The zero-order valence-electron chi connectivity index (χ0n) is 16.0. The lowest BCUT2D eigenvalue weighted by molar-refractivity contribution is -0.147. The summed E-state index contributed by atoms with van der Waals surface area (Å²) in [6.07, 6.45) is 0.717.